The SMILES string of the molecule is Cl.Oc1nn(CCN2CCCCC2)cc1-c1ccc(Cl)c(Cl)c1. The van der Waals surface area contributed by atoms with Crippen molar-refractivity contribution in [3.05, 3.63) is 34.4 Å². The first-order valence-corrected chi connectivity index (χ1v) is 8.33. The van der Waals surface area contributed by atoms with E-state index in [2.05, 4.69) is 10.00 Å². The lowest BCUT2D eigenvalue weighted by molar-refractivity contribution is 0.217. The molecule has 0 bridgehead atoms. The Morgan fingerprint density at radius 1 is 1.04 bits per heavy atom. The summed E-state index contributed by atoms with van der Waals surface area (Å²) >= 11 is 12.0. The van der Waals surface area contributed by atoms with Gasteiger partial charge in [-0.05, 0) is 43.6 Å². The number of hydrogen-bond acceptors (Lipinski definition) is 3. The highest BCUT2D eigenvalue weighted by Crippen LogP contribution is 2.32. The Hall–Kier alpha value is -0.940. The first-order chi connectivity index (χ1) is 10.6. The molecule has 0 saturated carbocycles. The summed E-state index contributed by atoms with van der Waals surface area (Å²) in [6.07, 6.45) is 5.75. The van der Waals surface area contributed by atoms with Crippen LogP contribution in [0.1, 0.15) is 19.3 Å². The van der Waals surface area contributed by atoms with Crippen LogP contribution in [0, 0.1) is 0 Å². The third kappa shape index (κ3) is 4.54. The maximum Gasteiger partial charge on any atom is 0.238 e. The summed E-state index contributed by atoms with van der Waals surface area (Å²) < 4.78 is 1.79. The average molecular weight is 377 g/mol. The summed E-state index contributed by atoms with van der Waals surface area (Å²) in [5.74, 6) is 0.0250. The molecular weight excluding hydrogens is 357 g/mol. The van der Waals surface area contributed by atoms with Gasteiger partial charge in [0.2, 0.25) is 5.88 Å². The summed E-state index contributed by atoms with van der Waals surface area (Å²) in [5, 5.41) is 15.2. The minimum Gasteiger partial charge on any atom is -0.492 e. The van der Waals surface area contributed by atoms with Crippen LogP contribution in [0.25, 0.3) is 11.1 Å². The Morgan fingerprint density at radius 3 is 2.48 bits per heavy atom. The molecule has 0 spiro atoms. The molecule has 0 radical (unpaired) electrons. The van der Waals surface area contributed by atoms with Crippen LogP contribution in [0.15, 0.2) is 24.4 Å². The number of piperidine rings is 1. The van der Waals surface area contributed by atoms with Gasteiger partial charge in [-0.15, -0.1) is 17.5 Å². The molecule has 3 rings (SSSR count). The zero-order valence-corrected chi connectivity index (χ0v) is 15.0. The van der Waals surface area contributed by atoms with E-state index in [-0.39, 0.29) is 18.3 Å². The Bertz CT molecular complexity index is 654. The molecule has 1 N–H and O–H groups in total. The highest BCUT2D eigenvalue weighted by molar-refractivity contribution is 6.42. The third-order valence-electron chi connectivity index (χ3n) is 4.07. The van der Waals surface area contributed by atoms with E-state index in [4.69, 9.17) is 23.2 Å². The number of aromatic nitrogens is 2. The van der Waals surface area contributed by atoms with Gasteiger partial charge in [-0.2, -0.15) is 0 Å². The highest BCUT2D eigenvalue weighted by Gasteiger charge is 2.13. The topological polar surface area (TPSA) is 41.3 Å². The number of halogens is 3. The first kappa shape index (κ1) is 18.4. The molecule has 4 nitrogen and oxygen atoms in total. The summed E-state index contributed by atoms with van der Waals surface area (Å²) in [7, 11) is 0. The molecule has 0 atom stereocenters. The lowest BCUT2D eigenvalue weighted by Crippen LogP contribution is -2.32. The zero-order valence-electron chi connectivity index (χ0n) is 12.7. The van der Waals surface area contributed by atoms with Gasteiger partial charge in [-0.3, -0.25) is 4.68 Å². The van der Waals surface area contributed by atoms with Crippen LogP contribution < -0.4 is 0 Å². The molecule has 0 unspecified atom stereocenters. The lowest BCUT2D eigenvalue weighted by atomic mass is 10.1. The minimum absolute atomic E-state index is 0. The van der Waals surface area contributed by atoms with Crippen molar-refractivity contribution in [1.82, 2.24) is 14.7 Å². The van der Waals surface area contributed by atoms with Crippen LogP contribution in [0.3, 0.4) is 0 Å². The molecule has 2 heterocycles. The molecular formula is C16H20Cl3N3O. The van der Waals surface area contributed by atoms with Crippen molar-refractivity contribution < 1.29 is 5.11 Å². The monoisotopic (exact) mass is 375 g/mol. The maximum absolute atomic E-state index is 10.1. The van der Waals surface area contributed by atoms with Crippen molar-refractivity contribution in [2.45, 2.75) is 25.8 Å². The predicted molar refractivity (Wildman–Crippen MR) is 96.9 cm³/mol. The van der Waals surface area contributed by atoms with Gasteiger partial charge in [0.15, 0.2) is 0 Å². The molecule has 0 aliphatic carbocycles. The van der Waals surface area contributed by atoms with E-state index in [0.29, 0.717) is 15.6 Å². The second-order valence-corrected chi connectivity index (χ2v) is 6.48. The van der Waals surface area contributed by atoms with E-state index in [1.807, 2.05) is 12.3 Å². The summed E-state index contributed by atoms with van der Waals surface area (Å²) in [6, 6.07) is 5.30. The van der Waals surface area contributed by atoms with Gasteiger partial charge in [0, 0.05) is 12.7 Å². The number of likely N-dealkylation sites (tertiary alicyclic amines) is 1. The molecule has 7 heteroatoms. The standard InChI is InChI=1S/C16H19Cl2N3O.ClH/c17-14-5-4-12(10-15(14)18)13-11-21(19-16(13)22)9-8-20-6-2-1-3-7-20;/h4-5,10-11H,1-3,6-9H2,(H,19,22);1H. The van der Waals surface area contributed by atoms with Crippen molar-refractivity contribution in [3.8, 4) is 17.0 Å². The Labute approximate surface area is 152 Å². The van der Waals surface area contributed by atoms with Crippen LogP contribution >= 0.6 is 35.6 Å². The normalized spacial score (nSPS) is 15.4. The van der Waals surface area contributed by atoms with Gasteiger partial charge in [0.05, 0.1) is 22.2 Å². The highest BCUT2D eigenvalue weighted by atomic mass is 35.5. The Morgan fingerprint density at radius 2 is 1.78 bits per heavy atom. The number of benzene rings is 1. The smallest absolute Gasteiger partial charge is 0.238 e. The second-order valence-electron chi connectivity index (χ2n) is 5.66. The van der Waals surface area contributed by atoms with E-state index in [1.165, 1.54) is 19.3 Å². The fourth-order valence-corrected chi connectivity index (χ4v) is 3.12. The van der Waals surface area contributed by atoms with Crippen molar-refractivity contribution in [2.24, 2.45) is 0 Å². The van der Waals surface area contributed by atoms with Gasteiger partial charge in [-0.25, -0.2) is 0 Å². The molecule has 126 valence electrons. The summed E-state index contributed by atoms with van der Waals surface area (Å²) in [6.45, 7) is 4.05. The van der Waals surface area contributed by atoms with Crippen LogP contribution in [0.2, 0.25) is 10.0 Å². The molecule has 1 aliphatic rings. The third-order valence-corrected chi connectivity index (χ3v) is 4.81. The van der Waals surface area contributed by atoms with Crippen molar-refractivity contribution in [1.29, 1.82) is 0 Å². The van der Waals surface area contributed by atoms with Gasteiger partial charge in [0.1, 0.15) is 0 Å². The molecule has 1 saturated heterocycles. The fourth-order valence-electron chi connectivity index (χ4n) is 2.82. The largest absolute Gasteiger partial charge is 0.492 e. The molecule has 1 aromatic carbocycles. The molecule has 23 heavy (non-hydrogen) atoms. The predicted octanol–water partition coefficient (Wildman–Crippen LogP) is 4.47. The van der Waals surface area contributed by atoms with E-state index >= 15 is 0 Å². The van der Waals surface area contributed by atoms with E-state index in [9.17, 15) is 5.11 Å². The van der Waals surface area contributed by atoms with Crippen LogP contribution in [-0.4, -0.2) is 39.4 Å². The fraction of sp³-hybridized carbons (Fsp3) is 0.438. The minimum atomic E-state index is 0. The lowest BCUT2D eigenvalue weighted by Gasteiger charge is -2.26. The van der Waals surface area contributed by atoms with E-state index in [0.717, 1.165) is 31.7 Å². The molecule has 0 amide bonds. The number of nitrogens with zero attached hydrogens (tertiary/aromatic N) is 3. The van der Waals surface area contributed by atoms with Crippen LogP contribution in [-0.2, 0) is 6.54 Å². The Balaban J connectivity index is 0.00000192. The number of rotatable bonds is 4. The van der Waals surface area contributed by atoms with Gasteiger partial charge in [-0.1, -0.05) is 35.7 Å². The number of hydrogen-bond donors (Lipinski definition) is 1. The summed E-state index contributed by atoms with van der Waals surface area (Å²) in [5.41, 5.74) is 1.49. The first-order valence-electron chi connectivity index (χ1n) is 7.57. The van der Waals surface area contributed by atoms with Crippen LogP contribution in [0.4, 0.5) is 0 Å². The Kier molecular flexibility index (Phi) is 6.60. The van der Waals surface area contributed by atoms with Gasteiger partial charge >= 0.3 is 0 Å². The van der Waals surface area contributed by atoms with Crippen LogP contribution in [0.5, 0.6) is 5.88 Å². The zero-order chi connectivity index (χ0) is 15.5. The van der Waals surface area contributed by atoms with Crippen molar-refractivity contribution in [2.75, 3.05) is 19.6 Å². The maximum atomic E-state index is 10.1. The van der Waals surface area contributed by atoms with E-state index < -0.39 is 0 Å². The molecule has 1 aliphatic heterocycles. The van der Waals surface area contributed by atoms with E-state index in [1.54, 1.807) is 16.8 Å². The van der Waals surface area contributed by atoms with Crippen molar-refractivity contribution in [3.63, 3.8) is 0 Å². The number of aromatic hydroxyl groups is 1. The molecule has 1 aromatic heterocycles. The quantitative estimate of drug-likeness (QED) is 0.856. The summed E-state index contributed by atoms with van der Waals surface area (Å²) in [4.78, 5) is 2.45. The van der Waals surface area contributed by atoms with Gasteiger partial charge < -0.3 is 10.0 Å². The molecule has 2 aromatic rings. The van der Waals surface area contributed by atoms with Gasteiger partial charge in [0.25, 0.3) is 0 Å². The van der Waals surface area contributed by atoms with Crippen molar-refractivity contribution >= 4 is 35.6 Å². The average Bonchev–Trinajstić information content (AvgIpc) is 2.90. The molecule has 1 fully saturated rings. The second kappa shape index (κ2) is 8.25.